The number of nitrogens with one attached hydrogen (secondary N) is 1. The fraction of sp³-hybridized carbons (Fsp3) is 0.240. The molecule has 0 fully saturated rings. The largest absolute Gasteiger partial charge is 0.493 e. The van der Waals surface area contributed by atoms with Crippen molar-refractivity contribution in [2.75, 3.05) is 33.8 Å². The predicted molar refractivity (Wildman–Crippen MR) is 123 cm³/mol. The Morgan fingerprint density at radius 2 is 1.39 bits per heavy atom. The van der Waals surface area contributed by atoms with Crippen molar-refractivity contribution < 1.29 is 18.9 Å². The van der Waals surface area contributed by atoms with E-state index in [1.165, 1.54) is 0 Å². The molecular weight excluding hydrogens is 392 g/mol. The lowest BCUT2D eigenvalue weighted by Crippen LogP contribution is -2.15. The summed E-state index contributed by atoms with van der Waals surface area (Å²) in [7, 11) is 6.56. The molecule has 0 saturated carbocycles. The molecule has 4 rings (SSSR count). The second kappa shape index (κ2) is 9.00. The van der Waals surface area contributed by atoms with E-state index in [0.29, 0.717) is 29.4 Å². The Labute approximate surface area is 182 Å². The molecule has 160 valence electrons. The number of aliphatic imine (C=N–C) groups is 1. The van der Waals surface area contributed by atoms with Crippen molar-refractivity contribution >= 4 is 17.1 Å². The van der Waals surface area contributed by atoms with Gasteiger partial charge in [-0.25, -0.2) is 0 Å². The van der Waals surface area contributed by atoms with Gasteiger partial charge in [0.2, 0.25) is 0 Å². The van der Waals surface area contributed by atoms with Crippen LogP contribution in [0, 0.1) is 0 Å². The van der Waals surface area contributed by atoms with E-state index in [1.54, 1.807) is 28.4 Å². The highest BCUT2D eigenvalue weighted by atomic mass is 16.5. The van der Waals surface area contributed by atoms with Gasteiger partial charge in [0, 0.05) is 6.42 Å². The Morgan fingerprint density at radius 3 is 2.10 bits per heavy atom. The topological polar surface area (TPSA) is 61.3 Å². The Balaban J connectivity index is 1.79. The molecule has 6 nitrogen and oxygen atoms in total. The van der Waals surface area contributed by atoms with E-state index in [-0.39, 0.29) is 6.04 Å². The van der Waals surface area contributed by atoms with Crippen LogP contribution in [0.25, 0.3) is 0 Å². The van der Waals surface area contributed by atoms with Gasteiger partial charge in [0.05, 0.1) is 51.6 Å². The number of hydrogen-bond acceptors (Lipinski definition) is 6. The van der Waals surface area contributed by atoms with Crippen molar-refractivity contribution in [3.05, 3.63) is 71.8 Å². The Morgan fingerprint density at radius 1 is 0.742 bits per heavy atom. The lowest BCUT2D eigenvalue weighted by Gasteiger charge is -2.21. The van der Waals surface area contributed by atoms with Crippen molar-refractivity contribution in [3.8, 4) is 23.0 Å². The fourth-order valence-corrected chi connectivity index (χ4v) is 3.79. The number of rotatable bonds is 6. The normalized spacial score (nSPS) is 15.1. The van der Waals surface area contributed by atoms with Crippen molar-refractivity contribution in [1.29, 1.82) is 0 Å². The minimum atomic E-state index is -0.00435. The van der Waals surface area contributed by atoms with Gasteiger partial charge in [-0.15, -0.1) is 0 Å². The van der Waals surface area contributed by atoms with Gasteiger partial charge in [-0.05, 0) is 53.6 Å². The maximum Gasteiger partial charge on any atom is 0.161 e. The van der Waals surface area contributed by atoms with E-state index in [9.17, 15) is 0 Å². The van der Waals surface area contributed by atoms with Crippen molar-refractivity contribution in [2.24, 2.45) is 4.99 Å². The minimum absolute atomic E-state index is 0.00435. The van der Waals surface area contributed by atoms with E-state index >= 15 is 0 Å². The van der Waals surface area contributed by atoms with Gasteiger partial charge in [-0.2, -0.15) is 0 Å². The van der Waals surface area contributed by atoms with Crippen LogP contribution in [0.15, 0.2) is 65.7 Å². The predicted octanol–water partition coefficient (Wildman–Crippen LogP) is 5.40. The van der Waals surface area contributed by atoms with E-state index < -0.39 is 0 Å². The third-order valence-electron chi connectivity index (χ3n) is 5.41. The zero-order valence-corrected chi connectivity index (χ0v) is 18.1. The molecule has 6 heteroatoms. The molecule has 0 spiro atoms. The molecule has 0 saturated heterocycles. The third kappa shape index (κ3) is 4.14. The number of hydrogen-bond donors (Lipinski definition) is 1. The molecule has 1 unspecified atom stereocenters. The zero-order valence-electron chi connectivity index (χ0n) is 18.1. The first-order valence-corrected chi connectivity index (χ1v) is 10.0. The number of ether oxygens (including phenoxy) is 4. The summed E-state index contributed by atoms with van der Waals surface area (Å²) in [4.78, 5) is 4.99. The van der Waals surface area contributed by atoms with Crippen molar-refractivity contribution in [3.63, 3.8) is 0 Å². The number of anilines is 1. The standard InChI is InChI=1S/C25H26N2O4/c1-28-22-11-9-16(13-24(22)30-3)20-15-21(27-19-8-6-5-7-18(19)26-20)17-10-12-23(29-2)25(14-17)31-4/h5-14,20,26H,15H2,1-4H3. The number of fused-ring (bicyclic) bond motifs is 1. The fourth-order valence-electron chi connectivity index (χ4n) is 3.79. The highest BCUT2D eigenvalue weighted by Gasteiger charge is 2.23. The van der Waals surface area contributed by atoms with Crippen LogP contribution in [0.5, 0.6) is 23.0 Å². The molecule has 0 radical (unpaired) electrons. The van der Waals surface area contributed by atoms with Gasteiger partial charge >= 0.3 is 0 Å². The van der Waals surface area contributed by atoms with Crippen molar-refractivity contribution in [2.45, 2.75) is 12.5 Å². The summed E-state index contributed by atoms with van der Waals surface area (Å²) in [6, 6.07) is 19.9. The van der Waals surface area contributed by atoms with Gasteiger partial charge in [0.25, 0.3) is 0 Å². The second-order valence-corrected chi connectivity index (χ2v) is 7.16. The maximum atomic E-state index is 5.52. The summed E-state index contributed by atoms with van der Waals surface area (Å²) < 4.78 is 21.8. The lowest BCUT2D eigenvalue weighted by atomic mass is 9.96. The number of methoxy groups -OCH3 is 4. The van der Waals surface area contributed by atoms with Gasteiger partial charge in [-0.3, -0.25) is 4.99 Å². The highest BCUT2D eigenvalue weighted by molar-refractivity contribution is 6.04. The van der Waals surface area contributed by atoms with Crippen LogP contribution in [0.1, 0.15) is 23.6 Å². The van der Waals surface area contributed by atoms with Crippen LogP contribution < -0.4 is 24.3 Å². The molecule has 0 bridgehead atoms. The molecule has 1 atom stereocenters. The van der Waals surface area contributed by atoms with Crippen LogP contribution in [-0.2, 0) is 0 Å². The quantitative estimate of drug-likeness (QED) is 0.581. The number of benzene rings is 3. The van der Waals surface area contributed by atoms with Crippen LogP contribution >= 0.6 is 0 Å². The summed E-state index contributed by atoms with van der Waals surface area (Å²) in [5, 5.41) is 3.65. The second-order valence-electron chi connectivity index (χ2n) is 7.16. The summed E-state index contributed by atoms with van der Waals surface area (Å²) in [6.07, 6.45) is 0.680. The van der Waals surface area contributed by atoms with E-state index in [0.717, 1.165) is 28.2 Å². The molecule has 3 aromatic carbocycles. The smallest absolute Gasteiger partial charge is 0.161 e. The summed E-state index contributed by atoms with van der Waals surface area (Å²) in [5.74, 6) is 2.77. The van der Waals surface area contributed by atoms with Crippen LogP contribution in [0.2, 0.25) is 0 Å². The van der Waals surface area contributed by atoms with Crippen LogP contribution in [0.4, 0.5) is 11.4 Å². The zero-order chi connectivity index (χ0) is 21.8. The minimum Gasteiger partial charge on any atom is -0.493 e. The lowest BCUT2D eigenvalue weighted by molar-refractivity contribution is 0.354. The highest BCUT2D eigenvalue weighted by Crippen LogP contribution is 2.39. The van der Waals surface area contributed by atoms with Gasteiger partial charge in [0.15, 0.2) is 23.0 Å². The Hall–Kier alpha value is -3.67. The van der Waals surface area contributed by atoms with Gasteiger partial charge in [0.1, 0.15) is 0 Å². The van der Waals surface area contributed by atoms with Gasteiger partial charge < -0.3 is 24.3 Å². The average molecular weight is 418 g/mol. The SMILES string of the molecule is COc1ccc(C2=Nc3ccccc3NC(c3ccc(OC)c(OC)c3)C2)cc1OC. The third-order valence-corrected chi connectivity index (χ3v) is 5.41. The molecule has 1 aliphatic rings. The first kappa shape index (κ1) is 20.6. The average Bonchev–Trinajstić information content (AvgIpc) is 3.03. The first-order valence-electron chi connectivity index (χ1n) is 10.0. The summed E-state index contributed by atoms with van der Waals surface area (Å²) in [6.45, 7) is 0. The molecule has 31 heavy (non-hydrogen) atoms. The van der Waals surface area contributed by atoms with Gasteiger partial charge in [-0.1, -0.05) is 18.2 Å². The Bertz CT molecular complexity index is 1110. The molecule has 0 aliphatic carbocycles. The molecule has 0 aromatic heterocycles. The molecule has 1 heterocycles. The number of nitrogens with zero attached hydrogens (tertiary/aromatic N) is 1. The molecular formula is C25H26N2O4. The maximum absolute atomic E-state index is 5.52. The van der Waals surface area contributed by atoms with E-state index in [2.05, 4.69) is 11.4 Å². The summed E-state index contributed by atoms with van der Waals surface area (Å²) in [5.41, 5.74) is 4.91. The molecule has 1 aliphatic heterocycles. The summed E-state index contributed by atoms with van der Waals surface area (Å²) >= 11 is 0. The molecule has 1 N–H and O–H groups in total. The number of para-hydroxylation sites is 2. The monoisotopic (exact) mass is 418 g/mol. The molecule has 0 amide bonds. The first-order chi connectivity index (χ1) is 15.2. The van der Waals surface area contributed by atoms with Crippen LogP contribution in [-0.4, -0.2) is 34.2 Å². The van der Waals surface area contributed by atoms with E-state index in [4.69, 9.17) is 23.9 Å². The van der Waals surface area contributed by atoms with E-state index in [1.807, 2.05) is 54.6 Å². The van der Waals surface area contributed by atoms with Crippen molar-refractivity contribution in [1.82, 2.24) is 0 Å². The Kier molecular flexibility index (Phi) is 5.98. The molecule has 3 aromatic rings. The van der Waals surface area contributed by atoms with Crippen LogP contribution in [0.3, 0.4) is 0 Å².